The summed E-state index contributed by atoms with van der Waals surface area (Å²) in [5.41, 5.74) is 1.86. The number of rotatable bonds is 3. The number of carbonyl (C=O) groups is 1. The molecular weight excluding hydrogens is 320 g/mol. The molecule has 5 heteroatoms. The summed E-state index contributed by atoms with van der Waals surface area (Å²) in [5, 5.41) is 5.84. The second-order valence-corrected chi connectivity index (χ2v) is 6.17. The van der Waals surface area contributed by atoms with Crippen molar-refractivity contribution in [2.75, 3.05) is 18.5 Å². The van der Waals surface area contributed by atoms with E-state index >= 15 is 0 Å². The lowest BCUT2D eigenvalue weighted by Gasteiger charge is -2.27. The summed E-state index contributed by atoms with van der Waals surface area (Å²) in [4.78, 5) is 11.9. The van der Waals surface area contributed by atoms with Gasteiger partial charge in [-0.3, -0.25) is 0 Å². The van der Waals surface area contributed by atoms with Gasteiger partial charge in [0.2, 0.25) is 0 Å². The zero-order valence-electron chi connectivity index (χ0n) is 11.9. The van der Waals surface area contributed by atoms with E-state index in [0.717, 1.165) is 35.2 Å². The highest BCUT2D eigenvalue weighted by atomic mass is 79.9. The third-order valence-electron chi connectivity index (χ3n) is 3.66. The van der Waals surface area contributed by atoms with Gasteiger partial charge in [-0.25, -0.2) is 4.79 Å². The smallest absolute Gasteiger partial charge is 0.319 e. The highest BCUT2D eigenvalue weighted by molar-refractivity contribution is 9.10. The lowest BCUT2D eigenvalue weighted by Crippen LogP contribution is -2.36. The Hall–Kier alpha value is -1.07. The quantitative estimate of drug-likeness (QED) is 0.881. The first kappa shape index (κ1) is 15.3. The molecule has 1 saturated heterocycles. The largest absolute Gasteiger partial charge is 0.378 e. The van der Waals surface area contributed by atoms with Crippen LogP contribution in [0.5, 0.6) is 0 Å². The third-order valence-corrected chi connectivity index (χ3v) is 4.52. The van der Waals surface area contributed by atoms with Crippen molar-refractivity contribution >= 4 is 27.6 Å². The zero-order valence-corrected chi connectivity index (χ0v) is 13.5. The number of hydrogen-bond acceptors (Lipinski definition) is 2. The fraction of sp³-hybridized carbons (Fsp3) is 0.533. The Morgan fingerprint density at radius 2 is 2.30 bits per heavy atom. The molecule has 1 aromatic carbocycles. The van der Waals surface area contributed by atoms with Crippen molar-refractivity contribution in [3.05, 3.63) is 28.2 Å². The second-order valence-electron chi connectivity index (χ2n) is 5.32. The Labute approximate surface area is 128 Å². The molecule has 2 rings (SSSR count). The standard InChI is InChI=1S/C15H21BrN2O2/c1-10-8-12(6-7-20-10)9-17-15(19)18-14-5-3-4-13(16)11(14)2/h3-5,10,12H,6-9H2,1-2H3,(H2,17,18,19)/t10-,12-/m1/s1. The minimum absolute atomic E-state index is 0.148. The summed E-state index contributed by atoms with van der Waals surface area (Å²) < 4.78 is 6.50. The van der Waals surface area contributed by atoms with Gasteiger partial charge in [0, 0.05) is 23.3 Å². The van der Waals surface area contributed by atoms with E-state index in [9.17, 15) is 4.79 Å². The number of amides is 2. The van der Waals surface area contributed by atoms with Crippen LogP contribution in [-0.2, 0) is 4.74 Å². The molecule has 2 N–H and O–H groups in total. The van der Waals surface area contributed by atoms with Crippen LogP contribution in [0.4, 0.5) is 10.5 Å². The van der Waals surface area contributed by atoms with E-state index < -0.39 is 0 Å². The van der Waals surface area contributed by atoms with E-state index in [1.165, 1.54) is 0 Å². The fourth-order valence-electron chi connectivity index (χ4n) is 2.42. The van der Waals surface area contributed by atoms with Crippen molar-refractivity contribution in [3.8, 4) is 0 Å². The van der Waals surface area contributed by atoms with E-state index in [1.807, 2.05) is 25.1 Å². The van der Waals surface area contributed by atoms with Gasteiger partial charge in [-0.1, -0.05) is 22.0 Å². The fourth-order valence-corrected chi connectivity index (χ4v) is 2.79. The molecule has 4 nitrogen and oxygen atoms in total. The molecule has 0 spiro atoms. The van der Waals surface area contributed by atoms with Gasteiger partial charge in [0.25, 0.3) is 0 Å². The Morgan fingerprint density at radius 1 is 1.50 bits per heavy atom. The molecule has 0 aliphatic carbocycles. The number of hydrogen-bond donors (Lipinski definition) is 2. The summed E-state index contributed by atoms with van der Waals surface area (Å²) in [6, 6.07) is 5.62. The lowest BCUT2D eigenvalue weighted by atomic mass is 9.96. The van der Waals surface area contributed by atoms with Crippen LogP contribution < -0.4 is 10.6 Å². The molecule has 0 bridgehead atoms. The van der Waals surface area contributed by atoms with Crippen molar-refractivity contribution in [2.45, 2.75) is 32.8 Å². The SMILES string of the molecule is Cc1c(Br)cccc1NC(=O)NC[C@@H]1CCO[C@H](C)C1. The van der Waals surface area contributed by atoms with Crippen LogP contribution in [0.15, 0.2) is 22.7 Å². The van der Waals surface area contributed by atoms with Crippen LogP contribution in [-0.4, -0.2) is 25.3 Å². The number of urea groups is 1. The summed E-state index contributed by atoms with van der Waals surface area (Å²) in [6.07, 6.45) is 2.32. The Kier molecular flexibility index (Phi) is 5.43. The normalized spacial score (nSPS) is 22.4. The van der Waals surface area contributed by atoms with Crippen molar-refractivity contribution < 1.29 is 9.53 Å². The lowest BCUT2D eigenvalue weighted by molar-refractivity contribution is 0.00354. The highest BCUT2D eigenvalue weighted by Crippen LogP contribution is 2.23. The molecule has 0 unspecified atom stereocenters. The van der Waals surface area contributed by atoms with Crippen molar-refractivity contribution in [1.29, 1.82) is 0 Å². The summed E-state index contributed by atoms with van der Waals surface area (Å²) in [7, 11) is 0. The van der Waals surface area contributed by atoms with Gasteiger partial charge in [-0.05, 0) is 50.3 Å². The van der Waals surface area contributed by atoms with Crippen LogP contribution in [0.2, 0.25) is 0 Å². The maximum atomic E-state index is 11.9. The van der Waals surface area contributed by atoms with Gasteiger partial charge >= 0.3 is 6.03 Å². The second kappa shape index (κ2) is 7.09. The maximum Gasteiger partial charge on any atom is 0.319 e. The maximum absolute atomic E-state index is 11.9. The van der Waals surface area contributed by atoms with Gasteiger partial charge in [0.05, 0.1) is 6.10 Å². The monoisotopic (exact) mass is 340 g/mol. The Balaban J connectivity index is 1.82. The zero-order chi connectivity index (χ0) is 14.5. The number of nitrogens with one attached hydrogen (secondary N) is 2. The molecule has 1 heterocycles. The molecule has 0 radical (unpaired) electrons. The van der Waals surface area contributed by atoms with Crippen molar-refractivity contribution in [2.24, 2.45) is 5.92 Å². The first-order chi connectivity index (χ1) is 9.56. The molecular formula is C15H21BrN2O2. The molecule has 0 saturated carbocycles. The van der Waals surface area contributed by atoms with Gasteiger partial charge in [0.15, 0.2) is 0 Å². The molecule has 2 atom stereocenters. The number of anilines is 1. The minimum atomic E-state index is -0.148. The van der Waals surface area contributed by atoms with E-state index in [-0.39, 0.29) is 6.03 Å². The van der Waals surface area contributed by atoms with E-state index in [4.69, 9.17) is 4.74 Å². The average molecular weight is 341 g/mol. The molecule has 0 aromatic heterocycles. The van der Waals surface area contributed by atoms with Gasteiger partial charge in [-0.2, -0.15) is 0 Å². The van der Waals surface area contributed by atoms with Crippen LogP contribution >= 0.6 is 15.9 Å². The summed E-state index contributed by atoms with van der Waals surface area (Å²) in [5.74, 6) is 0.508. The van der Waals surface area contributed by atoms with Crippen LogP contribution in [0.25, 0.3) is 0 Å². The molecule has 1 fully saturated rings. The first-order valence-corrected chi connectivity index (χ1v) is 7.77. The summed E-state index contributed by atoms with van der Waals surface area (Å²) in [6.45, 7) is 5.55. The van der Waals surface area contributed by atoms with Crippen LogP contribution in [0.3, 0.4) is 0 Å². The number of benzene rings is 1. The predicted octanol–water partition coefficient (Wildman–Crippen LogP) is 3.69. The van der Waals surface area contributed by atoms with Gasteiger partial charge in [0.1, 0.15) is 0 Å². The van der Waals surface area contributed by atoms with Gasteiger partial charge in [-0.15, -0.1) is 0 Å². The number of halogens is 1. The number of ether oxygens (including phenoxy) is 1. The van der Waals surface area contributed by atoms with Crippen LogP contribution in [0.1, 0.15) is 25.3 Å². The molecule has 1 aromatic rings. The molecule has 2 amide bonds. The van der Waals surface area contributed by atoms with E-state index in [2.05, 4.69) is 33.5 Å². The van der Waals surface area contributed by atoms with E-state index in [1.54, 1.807) is 0 Å². The molecule has 1 aliphatic rings. The first-order valence-electron chi connectivity index (χ1n) is 6.98. The van der Waals surface area contributed by atoms with Crippen molar-refractivity contribution in [1.82, 2.24) is 5.32 Å². The molecule has 110 valence electrons. The summed E-state index contributed by atoms with van der Waals surface area (Å²) >= 11 is 3.46. The van der Waals surface area contributed by atoms with Gasteiger partial charge < -0.3 is 15.4 Å². The predicted molar refractivity (Wildman–Crippen MR) is 84.0 cm³/mol. The van der Waals surface area contributed by atoms with Crippen LogP contribution in [0, 0.1) is 12.8 Å². The minimum Gasteiger partial charge on any atom is -0.378 e. The Bertz CT molecular complexity index is 479. The number of carbonyl (C=O) groups excluding carboxylic acids is 1. The molecule has 20 heavy (non-hydrogen) atoms. The third kappa shape index (κ3) is 4.21. The topological polar surface area (TPSA) is 50.4 Å². The molecule has 1 aliphatic heterocycles. The average Bonchev–Trinajstić information content (AvgIpc) is 2.42. The highest BCUT2D eigenvalue weighted by Gasteiger charge is 2.19. The Morgan fingerprint density at radius 3 is 3.05 bits per heavy atom. The van der Waals surface area contributed by atoms with E-state index in [0.29, 0.717) is 18.6 Å². The van der Waals surface area contributed by atoms with Crippen molar-refractivity contribution in [3.63, 3.8) is 0 Å².